The lowest BCUT2D eigenvalue weighted by molar-refractivity contribution is -0.142. The van der Waals surface area contributed by atoms with Gasteiger partial charge in [-0.1, -0.05) is 100 Å². The van der Waals surface area contributed by atoms with Gasteiger partial charge in [-0.25, -0.2) is 0 Å². The Hall–Kier alpha value is -3.60. The van der Waals surface area contributed by atoms with Gasteiger partial charge in [-0.15, -0.1) is 0 Å². The van der Waals surface area contributed by atoms with E-state index < -0.39 is 6.04 Å². The number of carbonyl (C=O) groups excluding carboxylic acids is 2. The lowest BCUT2D eigenvalue weighted by Gasteiger charge is -2.31. The second-order valence-electron chi connectivity index (χ2n) is 10.1. The van der Waals surface area contributed by atoms with Gasteiger partial charge in [-0.2, -0.15) is 0 Å². The predicted molar refractivity (Wildman–Crippen MR) is 145 cm³/mol. The number of nitrogens with one attached hydrogen (secondary N) is 1. The predicted octanol–water partition coefficient (Wildman–Crippen LogP) is 5.53. The minimum Gasteiger partial charge on any atom is -0.484 e. The van der Waals surface area contributed by atoms with Gasteiger partial charge in [0.25, 0.3) is 5.91 Å². The first kappa shape index (κ1) is 27.0. The Bertz CT molecular complexity index is 1090. The molecular formula is C31H38N2O3. The number of hydrogen-bond donors (Lipinski definition) is 1. The van der Waals surface area contributed by atoms with Crippen molar-refractivity contribution in [3.8, 4) is 5.75 Å². The summed E-state index contributed by atoms with van der Waals surface area (Å²) < 4.78 is 5.89. The third-order valence-corrected chi connectivity index (χ3v) is 6.10. The summed E-state index contributed by atoms with van der Waals surface area (Å²) in [5.74, 6) is 0.247. The van der Waals surface area contributed by atoms with Crippen LogP contribution in [0.3, 0.4) is 0 Å². The van der Waals surface area contributed by atoms with Gasteiger partial charge in [0.2, 0.25) is 5.91 Å². The van der Waals surface area contributed by atoms with Gasteiger partial charge in [0.15, 0.2) is 6.61 Å². The van der Waals surface area contributed by atoms with Crippen LogP contribution in [0.2, 0.25) is 0 Å². The van der Waals surface area contributed by atoms with E-state index in [-0.39, 0.29) is 23.8 Å². The Morgan fingerprint density at radius 3 is 2.00 bits per heavy atom. The molecular weight excluding hydrogens is 448 g/mol. The topological polar surface area (TPSA) is 58.6 Å². The molecule has 0 unspecified atom stereocenters. The number of rotatable bonds is 11. The molecule has 36 heavy (non-hydrogen) atoms. The van der Waals surface area contributed by atoms with Crippen molar-refractivity contribution < 1.29 is 14.3 Å². The number of ether oxygens (including phenoxy) is 1. The first-order chi connectivity index (χ1) is 17.3. The van der Waals surface area contributed by atoms with Crippen LogP contribution in [-0.4, -0.2) is 35.9 Å². The van der Waals surface area contributed by atoms with Crippen LogP contribution in [0.25, 0.3) is 0 Å². The fourth-order valence-electron chi connectivity index (χ4n) is 3.98. The Morgan fingerprint density at radius 1 is 0.861 bits per heavy atom. The highest BCUT2D eigenvalue weighted by molar-refractivity contribution is 5.88. The number of carbonyl (C=O) groups is 2. The molecule has 0 saturated carbocycles. The van der Waals surface area contributed by atoms with E-state index in [1.54, 1.807) is 4.90 Å². The van der Waals surface area contributed by atoms with E-state index >= 15 is 0 Å². The minimum atomic E-state index is -0.654. The van der Waals surface area contributed by atoms with E-state index in [2.05, 4.69) is 26.1 Å². The average molecular weight is 487 g/mol. The summed E-state index contributed by atoms with van der Waals surface area (Å²) in [6, 6.07) is 26.8. The summed E-state index contributed by atoms with van der Waals surface area (Å²) in [5, 5.41) is 2.99. The monoisotopic (exact) mass is 486 g/mol. The Morgan fingerprint density at radius 2 is 1.44 bits per heavy atom. The fourth-order valence-corrected chi connectivity index (χ4v) is 3.98. The lowest BCUT2D eigenvalue weighted by atomic mass is 9.87. The molecule has 5 heteroatoms. The smallest absolute Gasteiger partial charge is 0.261 e. The van der Waals surface area contributed by atoms with Gasteiger partial charge in [0, 0.05) is 19.5 Å². The van der Waals surface area contributed by atoms with Gasteiger partial charge in [0.1, 0.15) is 11.8 Å². The molecule has 0 radical (unpaired) electrons. The molecule has 0 aliphatic rings. The van der Waals surface area contributed by atoms with Crippen LogP contribution in [0, 0.1) is 0 Å². The number of amides is 2. The second-order valence-corrected chi connectivity index (χ2v) is 10.1. The Labute approximate surface area is 215 Å². The zero-order valence-electron chi connectivity index (χ0n) is 21.9. The molecule has 3 aromatic carbocycles. The summed E-state index contributed by atoms with van der Waals surface area (Å²) >= 11 is 0. The molecule has 0 aliphatic heterocycles. The van der Waals surface area contributed by atoms with Crippen LogP contribution in [0.1, 0.15) is 50.8 Å². The van der Waals surface area contributed by atoms with Crippen LogP contribution in [0.15, 0.2) is 84.9 Å². The first-order valence-electron chi connectivity index (χ1n) is 12.7. The number of nitrogens with zero attached hydrogens (tertiary/aromatic N) is 1. The van der Waals surface area contributed by atoms with Gasteiger partial charge in [-0.05, 0) is 40.7 Å². The highest BCUT2D eigenvalue weighted by atomic mass is 16.5. The van der Waals surface area contributed by atoms with Crippen LogP contribution < -0.4 is 10.1 Å². The van der Waals surface area contributed by atoms with Crippen molar-refractivity contribution >= 4 is 11.8 Å². The third kappa shape index (κ3) is 7.98. The van der Waals surface area contributed by atoms with E-state index in [4.69, 9.17) is 4.74 Å². The van der Waals surface area contributed by atoms with Crippen molar-refractivity contribution in [2.24, 2.45) is 0 Å². The summed E-state index contributed by atoms with van der Waals surface area (Å²) in [7, 11) is 0. The standard InChI is InChI=1S/C31H38N2O3/c1-5-20-32-30(35)28(21-24-12-8-6-9-13-24)33(22-25-14-10-7-11-15-25)29(34)23-36-27-18-16-26(17-19-27)31(2,3)4/h6-19,28H,5,20-23H2,1-4H3,(H,32,35)/t28-/m0/s1. The molecule has 0 bridgehead atoms. The SMILES string of the molecule is CCCNC(=O)[C@H](Cc1ccccc1)N(Cc1ccccc1)C(=O)COc1ccc(C(C)(C)C)cc1. The molecule has 0 aliphatic carbocycles. The van der Waals surface area contributed by atoms with E-state index in [1.165, 1.54) is 5.56 Å². The van der Waals surface area contributed by atoms with E-state index in [0.717, 1.165) is 17.5 Å². The fraction of sp³-hybridized carbons (Fsp3) is 0.355. The van der Waals surface area contributed by atoms with Crippen LogP contribution in [0.4, 0.5) is 0 Å². The van der Waals surface area contributed by atoms with Gasteiger partial charge >= 0.3 is 0 Å². The Kier molecular flexibility index (Phi) is 9.69. The van der Waals surface area contributed by atoms with Crippen molar-refractivity contribution in [3.63, 3.8) is 0 Å². The average Bonchev–Trinajstić information content (AvgIpc) is 2.88. The summed E-state index contributed by atoms with van der Waals surface area (Å²) in [4.78, 5) is 28.5. The van der Waals surface area contributed by atoms with Gasteiger partial charge < -0.3 is 15.0 Å². The molecule has 0 heterocycles. The molecule has 190 valence electrons. The number of benzene rings is 3. The van der Waals surface area contributed by atoms with E-state index in [0.29, 0.717) is 25.3 Å². The minimum absolute atomic E-state index is 0.0390. The lowest BCUT2D eigenvalue weighted by Crippen LogP contribution is -2.51. The molecule has 3 aromatic rings. The molecule has 0 fully saturated rings. The summed E-state index contributed by atoms with van der Waals surface area (Å²) in [6.45, 7) is 9.22. The normalized spacial score (nSPS) is 12.0. The Balaban J connectivity index is 1.84. The second kappa shape index (κ2) is 12.9. The maximum absolute atomic E-state index is 13.6. The van der Waals surface area contributed by atoms with Crippen LogP contribution in [0.5, 0.6) is 5.75 Å². The maximum Gasteiger partial charge on any atom is 0.261 e. The van der Waals surface area contributed by atoms with E-state index in [1.807, 2.05) is 91.9 Å². The van der Waals surface area contributed by atoms with Gasteiger partial charge in [0.05, 0.1) is 0 Å². The van der Waals surface area contributed by atoms with Crippen molar-refractivity contribution in [1.29, 1.82) is 0 Å². The summed E-state index contributed by atoms with van der Waals surface area (Å²) in [6.07, 6.45) is 1.25. The van der Waals surface area contributed by atoms with Gasteiger partial charge in [-0.3, -0.25) is 9.59 Å². The number of hydrogen-bond acceptors (Lipinski definition) is 3. The first-order valence-corrected chi connectivity index (χ1v) is 12.7. The molecule has 2 amide bonds. The third-order valence-electron chi connectivity index (χ3n) is 6.10. The molecule has 0 aromatic heterocycles. The molecule has 0 saturated heterocycles. The zero-order chi connectivity index (χ0) is 26.0. The van der Waals surface area contributed by atoms with Crippen molar-refractivity contribution in [2.75, 3.05) is 13.2 Å². The molecule has 3 rings (SSSR count). The van der Waals surface area contributed by atoms with E-state index in [9.17, 15) is 9.59 Å². The van der Waals surface area contributed by atoms with Crippen molar-refractivity contribution in [1.82, 2.24) is 10.2 Å². The van der Waals surface area contributed by atoms with Crippen molar-refractivity contribution in [2.45, 2.75) is 58.5 Å². The highest BCUT2D eigenvalue weighted by Crippen LogP contribution is 2.24. The zero-order valence-corrected chi connectivity index (χ0v) is 21.9. The highest BCUT2D eigenvalue weighted by Gasteiger charge is 2.30. The molecule has 1 atom stereocenters. The molecule has 1 N–H and O–H groups in total. The quantitative estimate of drug-likeness (QED) is 0.388. The van der Waals surface area contributed by atoms with Crippen LogP contribution in [-0.2, 0) is 28.0 Å². The molecule has 5 nitrogen and oxygen atoms in total. The van der Waals surface area contributed by atoms with Crippen molar-refractivity contribution in [3.05, 3.63) is 102 Å². The largest absolute Gasteiger partial charge is 0.484 e. The van der Waals surface area contributed by atoms with Crippen LogP contribution >= 0.6 is 0 Å². The molecule has 0 spiro atoms. The summed E-state index contributed by atoms with van der Waals surface area (Å²) in [5.41, 5.74) is 3.19. The maximum atomic E-state index is 13.6.